The molecule has 0 radical (unpaired) electrons. The van der Waals surface area contributed by atoms with Crippen molar-refractivity contribution >= 4 is 23.3 Å². The minimum absolute atomic E-state index is 0.555. The van der Waals surface area contributed by atoms with Crippen molar-refractivity contribution in [1.29, 1.82) is 0 Å². The monoisotopic (exact) mass is 444 g/mol. The zero-order chi connectivity index (χ0) is 22.2. The Morgan fingerprint density at radius 1 is 0.939 bits per heavy atom. The largest absolute Gasteiger partial charge is 0.378 e. The SMILES string of the molecule is CN1CC2CC1CN2c1ccc(Nc2nccc(-c3cnc(N4CCOCC4)nc3)n2)cc1. The molecule has 33 heavy (non-hydrogen) atoms. The van der Waals surface area contributed by atoms with Gasteiger partial charge in [0.15, 0.2) is 0 Å². The highest BCUT2D eigenvalue weighted by atomic mass is 16.5. The van der Waals surface area contributed by atoms with Crippen molar-refractivity contribution in [2.24, 2.45) is 0 Å². The van der Waals surface area contributed by atoms with Crippen LogP contribution in [0.4, 0.5) is 23.3 Å². The Labute approximate surface area is 193 Å². The summed E-state index contributed by atoms with van der Waals surface area (Å²) < 4.78 is 5.40. The number of ether oxygens (including phenoxy) is 1. The van der Waals surface area contributed by atoms with Crippen LogP contribution >= 0.6 is 0 Å². The van der Waals surface area contributed by atoms with Gasteiger partial charge in [-0.3, -0.25) is 4.90 Å². The fourth-order valence-corrected chi connectivity index (χ4v) is 5.01. The number of nitrogens with zero attached hydrogens (tertiary/aromatic N) is 7. The third-order valence-electron chi connectivity index (χ3n) is 6.85. The van der Waals surface area contributed by atoms with E-state index in [1.54, 1.807) is 6.20 Å². The lowest BCUT2D eigenvalue weighted by atomic mass is 10.2. The first-order valence-corrected chi connectivity index (χ1v) is 11.5. The Morgan fingerprint density at radius 3 is 2.42 bits per heavy atom. The van der Waals surface area contributed by atoms with Gasteiger partial charge in [0.05, 0.1) is 18.9 Å². The summed E-state index contributed by atoms with van der Waals surface area (Å²) in [6.07, 6.45) is 6.67. The summed E-state index contributed by atoms with van der Waals surface area (Å²) in [5.41, 5.74) is 3.90. The van der Waals surface area contributed by atoms with Crippen LogP contribution in [0.2, 0.25) is 0 Å². The molecule has 9 heteroatoms. The van der Waals surface area contributed by atoms with E-state index >= 15 is 0 Å². The minimum Gasteiger partial charge on any atom is -0.378 e. The second kappa shape index (κ2) is 8.57. The number of hydrogen-bond acceptors (Lipinski definition) is 9. The molecule has 6 rings (SSSR count). The topological polar surface area (TPSA) is 82.5 Å². The molecule has 0 aliphatic carbocycles. The average molecular weight is 445 g/mol. The average Bonchev–Trinajstić information content (AvgIpc) is 3.45. The molecular weight excluding hydrogens is 416 g/mol. The summed E-state index contributed by atoms with van der Waals surface area (Å²) in [6.45, 7) is 5.33. The van der Waals surface area contributed by atoms with Crippen LogP contribution in [0.3, 0.4) is 0 Å². The van der Waals surface area contributed by atoms with E-state index in [0.29, 0.717) is 31.2 Å². The maximum Gasteiger partial charge on any atom is 0.227 e. The number of morpholine rings is 1. The highest BCUT2D eigenvalue weighted by molar-refractivity contribution is 5.63. The van der Waals surface area contributed by atoms with Crippen LogP contribution in [0.5, 0.6) is 0 Å². The number of nitrogens with one attached hydrogen (secondary N) is 1. The molecule has 5 heterocycles. The highest BCUT2D eigenvalue weighted by Crippen LogP contribution is 2.34. The van der Waals surface area contributed by atoms with Gasteiger partial charge in [-0.05, 0) is 43.8 Å². The standard InChI is InChI=1S/C24H28N8O/c1-30-15-21-12-20(30)16-32(21)19-4-2-18(3-5-19)28-23-25-7-6-22(29-23)17-13-26-24(27-14-17)31-8-10-33-11-9-31/h2-7,13-14,20-21H,8-12,15-16H2,1H3,(H,25,28,29). The fourth-order valence-electron chi connectivity index (χ4n) is 5.01. The van der Waals surface area contributed by atoms with Crippen molar-refractivity contribution in [3.63, 3.8) is 0 Å². The lowest BCUT2D eigenvalue weighted by Crippen LogP contribution is -2.44. The van der Waals surface area contributed by atoms with Crippen LogP contribution in [-0.4, -0.2) is 83.4 Å². The summed E-state index contributed by atoms with van der Waals surface area (Å²) >= 11 is 0. The highest BCUT2D eigenvalue weighted by Gasteiger charge is 2.41. The maximum atomic E-state index is 5.40. The van der Waals surface area contributed by atoms with Crippen LogP contribution in [0.1, 0.15) is 6.42 Å². The number of rotatable bonds is 5. The quantitative estimate of drug-likeness (QED) is 0.638. The summed E-state index contributed by atoms with van der Waals surface area (Å²) in [6, 6.07) is 11.8. The minimum atomic E-state index is 0.555. The molecule has 3 aliphatic heterocycles. The Hall–Kier alpha value is -3.30. The molecule has 2 atom stereocenters. The van der Waals surface area contributed by atoms with E-state index in [4.69, 9.17) is 4.74 Å². The summed E-state index contributed by atoms with van der Waals surface area (Å²) in [5.74, 6) is 1.28. The Kier molecular flexibility index (Phi) is 5.27. The number of piperazine rings is 1. The van der Waals surface area contributed by atoms with Gasteiger partial charge in [0.1, 0.15) is 0 Å². The summed E-state index contributed by atoms with van der Waals surface area (Å²) in [7, 11) is 2.23. The smallest absolute Gasteiger partial charge is 0.227 e. The van der Waals surface area contributed by atoms with E-state index < -0.39 is 0 Å². The zero-order valence-electron chi connectivity index (χ0n) is 18.8. The number of benzene rings is 1. The van der Waals surface area contributed by atoms with Gasteiger partial charge in [-0.15, -0.1) is 0 Å². The summed E-state index contributed by atoms with van der Waals surface area (Å²) in [4.78, 5) is 25.3. The van der Waals surface area contributed by atoms with E-state index in [0.717, 1.165) is 49.1 Å². The van der Waals surface area contributed by atoms with Crippen molar-refractivity contribution in [3.8, 4) is 11.3 Å². The molecule has 1 N–H and O–H groups in total. The first-order valence-electron chi connectivity index (χ1n) is 11.5. The summed E-state index contributed by atoms with van der Waals surface area (Å²) in [5, 5.41) is 3.32. The maximum absolute atomic E-state index is 5.40. The second-order valence-corrected chi connectivity index (χ2v) is 8.94. The number of likely N-dealkylation sites (tertiary alicyclic amines) is 1. The van der Waals surface area contributed by atoms with Crippen LogP contribution < -0.4 is 15.1 Å². The molecule has 3 aromatic rings. The van der Waals surface area contributed by atoms with Gasteiger partial charge in [-0.1, -0.05) is 0 Å². The van der Waals surface area contributed by atoms with Crippen molar-refractivity contribution in [2.75, 3.05) is 61.6 Å². The van der Waals surface area contributed by atoms with Gasteiger partial charge in [-0.2, -0.15) is 0 Å². The third-order valence-corrected chi connectivity index (χ3v) is 6.85. The molecule has 3 fully saturated rings. The number of aromatic nitrogens is 4. The van der Waals surface area contributed by atoms with Crippen molar-refractivity contribution in [1.82, 2.24) is 24.8 Å². The van der Waals surface area contributed by atoms with E-state index in [1.165, 1.54) is 12.1 Å². The second-order valence-electron chi connectivity index (χ2n) is 8.94. The predicted molar refractivity (Wildman–Crippen MR) is 128 cm³/mol. The molecule has 0 saturated carbocycles. The Morgan fingerprint density at radius 2 is 1.73 bits per heavy atom. The van der Waals surface area contributed by atoms with Crippen molar-refractivity contribution in [2.45, 2.75) is 18.5 Å². The molecule has 170 valence electrons. The molecule has 0 spiro atoms. The molecule has 1 aromatic carbocycles. The van der Waals surface area contributed by atoms with Gasteiger partial charge >= 0.3 is 0 Å². The fraction of sp³-hybridized carbons (Fsp3) is 0.417. The molecular formula is C24H28N8O. The van der Waals surface area contributed by atoms with Crippen LogP contribution in [0.15, 0.2) is 48.9 Å². The third kappa shape index (κ3) is 4.09. The van der Waals surface area contributed by atoms with Gasteiger partial charge in [0.2, 0.25) is 11.9 Å². The first-order chi connectivity index (χ1) is 16.2. The number of likely N-dealkylation sites (N-methyl/N-ethyl adjacent to an activating group) is 1. The molecule has 2 aromatic heterocycles. The van der Waals surface area contributed by atoms with Crippen molar-refractivity contribution < 1.29 is 4.74 Å². The van der Waals surface area contributed by atoms with Gasteiger partial charge in [-0.25, -0.2) is 19.9 Å². The molecule has 9 nitrogen and oxygen atoms in total. The Bertz CT molecular complexity index is 1100. The molecule has 3 saturated heterocycles. The lowest BCUT2D eigenvalue weighted by Gasteiger charge is -2.33. The van der Waals surface area contributed by atoms with E-state index in [9.17, 15) is 0 Å². The van der Waals surface area contributed by atoms with E-state index in [-0.39, 0.29) is 0 Å². The van der Waals surface area contributed by atoms with Crippen LogP contribution in [0, 0.1) is 0 Å². The normalized spacial score (nSPS) is 22.7. The number of fused-ring (bicyclic) bond motifs is 2. The van der Waals surface area contributed by atoms with Crippen LogP contribution in [-0.2, 0) is 4.74 Å². The predicted octanol–water partition coefficient (Wildman–Crippen LogP) is 2.41. The van der Waals surface area contributed by atoms with Gasteiger partial charge in [0.25, 0.3) is 0 Å². The number of anilines is 4. The van der Waals surface area contributed by atoms with Crippen LogP contribution in [0.25, 0.3) is 11.3 Å². The molecule has 0 amide bonds. The van der Waals surface area contributed by atoms with E-state index in [2.05, 4.69) is 71.3 Å². The zero-order valence-corrected chi connectivity index (χ0v) is 18.8. The molecule has 2 unspecified atom stereocenters. The van der Waals surface area contributed by atoms with Gasteiger partial charge in [0, 0.05) is 73.8 Å². The van der Waals surface area contributed by atoms with Crippen molar-refractivity contribution in [3.05, 3.63) is 48.9 Å². The lowest BCUT2D eigenvalue weighted by molar-refractivity contribution is 0.122. The Balaban J connectivity index is 1.13. The molecule has 3 aliphatic rings. The van der Waals surface area contributed by atoms with E-state index in [1.807, 2.05) is 18.5 Å². The molecule has 2 bridgehead atoms. The first kappa shape index (κ1) is 20.3. The van der Waals surface area contributed by atoms with Gasteiger partial charge < -0.3 is 19.9 Å². The number of hydrogen-bond donors (Lipinski definition) is 1.